The van der Waals surface area contributed by atoms with E-state index in [-0.39, 0.29) is 17.3 Å². The molecule has 9 heteroatoms. The van der Waals surface area contributed by atoms with Crippen LogP contribution in [0.1, 0.15) is 36.1 Å². The second-order valence-electron chi connectivity index (χ2n) is 9.48. The van der Waals surface area contributed by atoms with Crippen molar-refractivity contribution in [3.05, 3.63) is 89.0 Å². The zero-order valence-corrected chi connectivity index (χ0v) is 24.2. The molecule has 0 bridgehead atoms. The minimum absolute atomic E-state index is 0.0836. The van der Waals surface area contributed by atoms with Crippen LogP contribution >= 0.6 is 0 Å². The van der Waals surface area contributed by atoms with E-state index >= 15 is 0 Å². The normalized spacial score (nSPS) is 11.9. The Labute approximate surface area is 231 Å². The van der Waals surface area contributed by atoms with Crippen molar-refractivity contribution in [2.24, 2.45) is 0 Å². The number of anilines is 1. The Bertz CT molecular complexity index is 1400. The molecule has 0 aliphatic carbocycles. The summed E-state index contributed by atoms with van der Waals surface area (Å²) in [6.45, 7) is 9.10. The van der Waals surface area contributed by atoms with Gasteiger partial charge in [-0.25, -0.2) is 8.42 Å². The number of aryl methyl sites for hydroxylation is 2. The molecule has 3 aromatic carbocycles. The highest BCUT2D eigenvalue weighted by molar-refractivity contribution is 7.92. The van der Waals surface area contributed by atoms with E-state index in [9.17, 15) is 18.0 Å². The Hall–Kier alpha value is -3.85. The molecule has 0 unspecified atom stereocenters. The van der Waals surface area contributed by atoms with Crippen LogP contribution in [0.15, 0.2) is 71.6 Å². The molecule has 0 saturated carbocycles. The minimum Gasteiger partial charge on any atom is -0.497 e. The zero-order valence-electron chi connectivity index (χ0n) is 23.4. The zero-order chi connectivity index (χ0) is 28.7. The Morgan fingerprint density at radius 1 is 0.949 bits per heavy atom. The van der Waals surface area contributed by atoms with Gasteiger partial charge in [0.25, 0.3) is 10.0 Å². The Kier molecular flexibility index (Phi) is 9.75. The number of sulfonamides is 1. The number of benzene rings is 3. The standard InChI is InChI=1S/C30H37N3O5S/c1-7-31-30(35)24(5)32(19-25-13-15-26(38-6)16-14-25)29(34)20-33(28-10-8-9-22(3)23(28)4)39(36,37)27-17-11-21(2)12-18-27/h8-18,24H,7,19-20H2,1-6H3,(H,31,35)/t24-/m1/s1. The van der Waals surface area contributed by atoms with Gasteiger partial charge < -0.3 is 15.0 Å². The predicted molar refractivity (Wildman–Crippen MR) is 153 cm³/mol. The van der Waals surface area contributed by atoms with Gasteiger partial charge in [0.1, 0.15) is 18.3 Å². The van der Waals surface area contributed by atoms with Crippen LogP contribution in [0, 0.1) is 20.8 Å². The largest absolute Gasteiger partial charge is 0.497 e. The van der Waals surface area contributed by atoms with Crippen LogP contribution in [0.4, 0.5) is 5.69 Å². The summed E-state index contributed by atoms with van der Waals surface area (Å²) in [5, 5.41) is 2.76. The van der Waals surface area contributed by atoms with Crippen LogP contribution in [0.2, 0.25) is 0 Å². The molecule has 0 spiro atoms. The quantitative estimate of drug-likeness (QED) is 0.382. The highest BCUT2D eigenvalue weighted by Crippen LogP contribution is 2.29. The van der Waals surface area contributed by atoms with Crippen molar-refractivity contribution >= 4 is 27.5 Å². The molecule has 1 N–H and O–H groups in total. The van der Waals surface area contributed by atoms with Gasteiger partial charge in [-0.15, -0.1) is 0 Å². The molecular formula is C30H37N3O5S. The molecule has 0 radical (unpaired) electrons. The Morgan fingerprint density at radius 3 is 2.18 bits per heavy atom. The van der Waals surface area contributed by atoms with Gasteiger partial charge in [-0.3, -0.25) is 13.9 Å². The maximum absolute atomic E-state index is 14.0. The lowest BCUT2D eigenvalue weighted by molar-refractivity contribution is -0.139. The first-order valence-corrected chi connectivity index (χ1v) is 14.3. The maximum atomic E-state index is 14.0. The van der Waals surface area contributed by atoms with Crippen molar-refractivity contribution in [1.29, 1.82) is 0 Å². The van der Waals surface area contributed by atoms with E-state index in [1.165, 1.54) is 4.90 Å². The molecule has 208 valence electrons. The molecule has 0 heterocycles. The number of rotatable bonds is 11. The van der Waals surface area contributed by atoms with E-state index in [2.05, 4.69) is 5.32 Å². The van der Waals surface area contributed by atoms with Gasteiger partial charge in [0.2, 0.25) is 11.8 Å². The molecule has 39 heavy (non-hydrogen) atoms. The van der Waals surface area contributed by atoms with Crippen molar-refractivity contribution < 1.29 is 22.7 Å². The van der Waals surface area contributed by atoms with Gasteiger partial charge in [0, 0.05) is 13.1 Å². The lowest BCUT2D eigenvalue weighted by Gasteiger charge is -2.32. The maximum Gasteiger partial charge on any atom is 0.264 e. The van der Waals surface area contributed by atoms with Crippen LogP contribution in [-0.2, 0) is 26.2 Å². The molecule has 1 atom stereocenters. The number of carbonyl (C=O) groups excluding carboxylic acids is 2. The number of ether oxygens (including phenoxy) is 1. The van der Waals surface area contributed by atoms with Crippen molar-refractivity contribution in [3.63, 3.8) is 0 Å². The van der Waals surface area contributed by atoms with Crippen LogP contribution in [0.5, 0.6) is 5.75 Å². The fourth-order valence-electron chi connectivity index (χ4n) is 4.19. The van der Waals surface area contributed by atoms with E-state index in [1.807, 2.05) is 39.0 Å². The third-order valence-corrected chi connectivity index (χ3v) is 8.54. The lowest BCUT2D eigenvalue weighted by Crippen LogP contribution is -2.51. The van der Waals surface area contributed by atoms with Crippen molar-refractivity contribution in [1.82, 2.24) is 10.2 Å². The number of hydrogen-bond donors (Lipinski definition) is 1. The first kappa shape index (κ1) is 29.7. The average Bonchev–Trinajstić information content (AvgIpc) is 2.92. The van der Waals surface area contributed by atoms with E-state index in [4.69, 9.17) is 4.74 Å². The molecule has 3 rings (SSSR count). The lowest BCUT2D eigenvalue weighted by atomic mass is 10.1. The number of carbonyl (C=O) groups is 2. The van der Waals surface area contributed by atoms with E-state index in [1.54, 1.807) is 69.5 Å². The summed E-state index contributed by atoms with van der Waals surface area (Å²) in [6, 6.07) is 18.2. The van der Waals surface area contributed by atoms with E-state index in [0.717, 1.165) is 26.6 Å². The van der Waals surface area contributed by atoms with Gasteiger partial charge in [0.05, 0.1) is 17.7 Å². The molecule has 0 aliphatic rings. The SMILES string of the molecule is CCNC(=O)[C@@H](C)N(Cc1ccc(OC)cc1)C(=O)CN(c1cccc(C)c1C)S(=O)(=O)c1ccc(C)cc1. The Balaban J connectivity index is 2.06. The molecule has 0 aliphatic heterocycles. The molecule has 2 amide bonds. The number of likely N-dealkylation sites (N-methyl/N-ethyl adjacent to an activating group) is 1. The number of nitrogens with one attached hydrogen (secondary N) is 1. The van der Waals surface area contributed by atoms with Crippen molar-refractivity contribution in [3.8, 4) is 5.75 Å². The summed E-state index contributed by atoms with van der Waals surface area (Å²) in [7, 11) is -2.54. The molecule has 0 fully saturated rings. The molecule has 0 saturated heterocycles. The van der Waals surface area contributed by atoms with Crippen molar-refractivity contribution in [2.45, 2.75) is 52.1 Å². The summed E-state index contributed by atoms with van der Waals surface area (Å²) in [6.07, 6.45) is 0. The van der Waals surface area contributed by atoms with E-state index < -0.39 is 28.5 Å². The summed E-state index contributed by atoms with van der Waals surface area (Å²) >= 11 is 0. The van der Waals surface area contributed by atoms with Crippen LogP contribution in [0.3, 0.4) is 0 Å². The van der Waals surface area contributed by atoms with Gasteiger partial charge in [-0.05, 0) is 81.6 Å². The number of nitrogens with zero attached hydrogens (tertiary/aromatic N) is 2. The monoisotopic (exact) mass is 551 g/mol. The highest BCUT2D eigenvalue weighted by atomic mass is 32.2. The van der Waals surface area contributed by atoms with Crippen molar-refractivity contribution in [2.75, 3.05) is 24.5 Å². The third-order valence-electron chi connectivity index (χ3n) is 6.76. The fraction of sp³-hybridized carbons (Fsp3) is 0.333. The molecule has 3 aromatic rings. The van der Waals surface area contributed by atoms with Gasteiger partial charge in [0.15, 0.2) is 0 Å². The van der Waals surface area contributed by atoms with Crippen LogP contribution < -0.4 is 14.4 Å². The van der Waals surface area contributed by atoms with Gasteiger partial charge in [-0.2, -0.15) is 0 Å². The molecule has 8 nitrogen and oxygen atoms in total. The summed E-state index contributed by atoms with van der Waals surface area (Å²) in [5.41, 5.74) is 3.76. The predicted octanol–water partition coefficient (Wildman–Crippen LogP) is 4.37. The average molecular weight is 552 g/mol. The van der Waals surface area contributed by atoms with Gasteiger partial charge >= 0.3 is 0 Å². The molecular weight excluding hydrogens is 514 g/mol. The summed E-state index contributed by atoms with van der Waals surface area (Å²) < 4.78 is 34.3. The van der Waals surface area contributed by atoms with Gasteiger partial charge in [-0.1, -0.05) is 42.0 Å². The highest BCUT2D eigenvalue weighted by Gasteiger charge is 2.33. The summed E-state index contributed by atoms with van der Waals surface area (Å²) in [5.74, 6) is -0.154. The number of amides is 2. The first-order chi connectivity index (χ1) is 18.5. The first-order valence-electron chi connectivity index (χ1n) is 12.8. The second-order valence-corrected chi connectivity index (χ2v) is 11.3. The smallest absolute Gasteiger partial charge is 0.264 e. The number of hydrogen-bond acceptors (Lipinski definition) is 5. The summed E-state index contributed by atoms with van der Waals surface area (Å²) in [4.78, 5) is 28.3. The number of methoxy groups -OCH3 is 1. The topological polar surface area (TPSA) is 96.0 Å². The van der Waals surface area contributed by atoms with Crippen LogP contribution in [-0.4, -0.2) is 51.4 Å². The molecule has 0 aromatic heterocycles. The third kappa shape index (κ3) is 6.97. The minimum atomic E-state index is -4.11. The van der Waals surface area contributed by atoms with E-state index in [0.29, 0.717) is 18.0 Å². The fourth-order valence-corrected chi connectivity index (χ4v) is 5.66. The Morgan fingerprint density at radius 2 is 1.59 bits per heavy atom. The second kappa shape index (κ2) is 12.8. The van der Waals surface area contributed by atoms with Crippen LogP contribution in [0.25, 0.3) is 0 Å².